The predicted molar refractivity (Wildman–Crippen MR) is 232 cm³/mol. The van der Waals surface area contributed by atoms with Crippen LogP contribution in [-0.4, -0.2) is 27.9 Å². The van der Waals surface area contributed by atoms with Crippen LogP contribution in [0.15, 0.2) is 132 Å². The second-order valence-corrected chi connectivity index (χ2v) is 14.0. The van der Waals surface area contributed by atoms with Crippen LogP contribution < -0.4 is 33.6 Å². The van der Waals surface area contributed by atoms with E-state index in [2.05, 4.69) is 21.4 Å². The van der Waals surface area contributed by atoms with Crippen molar-refractivity contribution in [2.24, 2.45) is 5.73 Å². The van der Waals surface area contributed by atoms with Crippen LogP contribution in [0.25, 0.3) is 22.4 Å². The zero-order chi connectivity index (χ0) is 42.4. The Labute approximate surface area is 344 Å². The molecule has 0 fully saturated rings. The van der Waals surface area contributed by atoms with Gasteiger partial charge in [-0.1, -0.05) is 48.0 Å². The highest BCUT2D eigenvalue weighted by Gasteiger charge is 2.20. The molecule has 8 rings (SSSR count). The van der Waals surface area contributed by atoms with E-state index in [0.29, 0.717) is 28.2 Å². The Hall–Kier alpha value is -7.65. The first kappa shape index (κ1) is 41.0. The van der Waals surface area contributed by atoms with Gasteiger partial charge >= 0.3 is 0 Å². The highest BCUT2D eigenvalue weighted by atomic mass is 35.5. The summed E-state index contributed by atoms with van der Waals surface area (Å²) in [5.41, 5.74) is 24.8. The van der Waals surface area contributed by atoms with E-state index in [-0.39, 0.29) is 39.5 Å². The molecule has 0 bridgehead atoms. The molecule has 15 heteroatoms. The van der Waals surface area contributed by atoms with E-state index in [1.807, 2.05) is 140 Å². The van der Waals surface area contributed by atoms with Crippen molar-refractivity contribution in [1.29, 1.82) is 10.5 Å². The second kappa shape index (κ2) is 17.7. The second-order valence-electron chi connectivity index (χ2n) is 13.6. The van der Waals surface area contributed by atoms with Crippen LogP contribution in [0.4, 0.5) is 17.2 Å². The van der Waals surface area contributed by atoms with Gasteiger partial charge in [0.25, 0.3) is 11.1 Å². The van der Waals surface area contributed by atoms with Gasteiger partial charge in [-0.15, -0.1) is 0 Å². The molecule has 6 heterocycles. The number of rotatable bonds is 6. The summed E-state index contributed by atoms with van der Waals surface area (Å²) in [4.78, 5) is 34.1. The molecule has 0 saturated heterocycles. The molecule has 2 unspecified atom stereocenters. The standard InChI is InChI=1S/C22H20N6O.C16H17N3O.C6H4ClN3/c1-14-9-11-27-13-19(15(2)26-21-17(12-23)18(24)8-10-25-21)28(22(29)20(14)27)16-6-4-3-5-7-16;1-11-8-9-18-10-14(12(2)17)19(16(20)15(11)18)13-6-4-3-5-7-13;7-6-4(3-8)5(9)1-2-10-6/h3-11,13,15H,1-2H3,(H3,24,25,26);3-10,12H,17H2,1-2H3;1-2H,(H2,9,10). The maximum atomic E-state index is 13.4. The van der Waals surface area contributed by atoms with Gasteiger partial charge in [0.05, 0.1) is 28.8 Å². The Morgan fingerprint density at radius 2 is 1.14 bits per heavy atom. The van der Waals surface area contributed by atoms with Crippen molar-refractivity contribution in [1.82, 2.24) is 27.9 Å². The van der Waals surface area contributed by atoms with Gasteiger partial charge in [-0.2, -0.15) is 10.5 Å². The number of aryl methyl sites for hydroxylation is 2. The molecule has 0 saturated carbocycles. The number of hydrogen-bond donors (Lipinski definition) is 4. The summed E-state index contributed by atoms with van der Waals surface area (Å²) in [6, 6.07) is 29.5. The molecule has 7 N–H and O–H groups in total. The van der Waals surface area contributed by atoms with Crippen molar-refractivity contribution >= 4 is 39.8 Å². The van der Waals surface area contributed by atoms with E-state index in [1.165, 1.54) is 12.3 Å². The Kier molecular flexibility index (Phi) is 12.3. The van der Waals surface area contributed by atoms with Crippen LogP contribution >= 0.6 is 11.6 Å². The molecule has 296 valence electrons. The van der Waals surface area contributed by atoms with Crippen LogP contribution in [0.5, 0.6) is 0 Å². The number of nitrogen functional groups attached to an aromatic ring is 2. The maximum Gasteiger partial charge on any atom is 0.279 e. The highest BCUT2D eigenvalue weighted by Crippen LogP contribution is 2.26. The molecule has 0 aliphatic carbocycles. The molecule has 0 aliphatic heterocycles. The number of pyridine rings is 2. The molecule has 8 aromatic rings. The van der Waals surface area contributed by atoms with Gasteiger partial charge in [-0.05, 0) is 87.4 Å². The number of nitriles is 2. The first-order valence-corrected chi connectivity index (χ1v) is 18.8. The largest absolute Gasteiger partial charge is 0.398 e. The summed E-state index contributed by atoms with van der Waals surface area (Å²) in [6.45, 7) is 7.67. The number of nitrogens with one attached hydrogen (secondary N) is 1. The number of aromatic nitrogens is 6. The van der Waals surface area contributed by atoms with E-state index < -0.39 is 0 Å². The maximum absolute atomic E-state index is 13.4. The smallest absolute Gasteiger partial charge is 0.279 e. The van der Waals surface area contributed by atoms with E-state index in [4.69, 9.17) is 34.1 Å². The van der Waals surface area contributed by atoms with Crippen LogP contribution in [-0.2, 0) is 0 Å². The summed E-state index contributed by atoms with van der Waals surface area (Å²) >= 11 is 5.52. The SMILES string of the molecule is Cc1ccn2cc(C(C)N)n(-c3ccccc3)c(=O)c12.Cc1ccn2cc(C(C)Nc3nccc(N)c3C#N)n(-c3ccccc3)c(=O)c12.N#Cc1c(N)ccnc1Cl. The fourth-order valence-corrected chi connectivity index (χ4v) is 6.78. The lowest BCUT2D eigenvalue weighted by atomic mass is 10.1. The van der Waals surface area contributed by atoms with Crippen molar-refractivity contribution in [2.45, 2.75) is 39.8 Å². The summed E-state index contributed by atoms with van der Waals surface area (Å²) in [5.74, 6) is 0.385. The molecular formula is C44H41ClN12O2. The molecule has 59 heavy (non-hydrogen) atoms. The number of hydrogen-bond acceptors (Lipinski definition) is 10. The summed E-state index contributed by atoms with van der Waals surface area (Å²) in [6.07, 6.45) is 10.6. The van der Waals surface area contributed by atoms with Crippen LogP contribution in [0, 0.1) is 36.5 Å². The van der Waals surface area contributed by atoms with Crippen molar-refractivity contribution in [3.63, 3.8) is 0 Å². The van der Waals surface area contributed by atoms with Gasteiger partial charge in [-0.25, -0.2) is 9.97 Å². The van der Waals surface area contributed by atoms with Crippen molar-refractivity contribution in [2.75, 3.05) is 16.8 Å². The van der Waals surface area contributed by atoms with Gasteiger partial charge in [0.1, 0.15) is 45.3 Å². The monoisotopic (exact) mass is 804 g/mol. The Morgan fingerprint density at radius 3 is 1.59 bits per heavy atom. The lowest BCUT2D eigenvalue weighted by molar-refractivity contribution is 0.718. The van der Waals surface area contributed by atoms with Gasteiger partial charge in [-0.3, -0.25) is 18.7 Å². The van der Waals surface area contributed by atoms with Gasteiger partial charge in [0.2, 0.25) is 0 Å². The molecule has 0 amide bonds. The molecule has 14 nitrogen and oxygen atoms in total. The zero-order valence-electron chi connectivity index (χ0n) is 32.7. The zero-order valence-corrected chi connectivity index (χ0v) is 33.5. The van der Waals surface area contributed by atoms with Gasteiger partial charge < -0.3 is 31.3 Å². The molecule has 0 spiro atoms. The lowest BCUT2D eigenvalue weighted by Crippen LogP contribution is -2.27. The molecular weight excluding hydrogens is 764 g/mol. The third-order valence-electron chi connectivity index (χ3n) is 9.54. The normalized spacial score (nSPS) is 11.7. The number of para-hydroxylation sites is 2. The fraction of sp³-hybridized carbons (Fsp3) is 0.136. The summed E-state index contributed by atoms with van der Waals surface area (Å²) < 4.78 is 7.09. The van der Waals surface area contributed by atoms with E-state index >= 15 is 0 Å². The molecule has 6 aromatic heterocycles. The number of benzene rings is 2. The average molecular weight is 805 g/mol. The molecule has 0 aliphatic rings. The predicted octanol–water partition coefficient (Wildman–Crippen LogP) is 7.03. The minimum Gasteiger partial charge on any atom is -0.398 e. The lowest BCUT2D eigenvalue weighted by Gasteiger charge is -2.21. The summed E-state index contributed by atoms with van der Waals surface area (Å²) in [7, 11) is 0. The third kappa shape index (κ3) is 8.40. The number of nitrogens with two attached hydrogens (primary N) is 3. The van der Waals surface area contributed by atoms with Crippen molar-refractivity contribution in [3.05, 3.63) is 182 Å². The Morgan fingerprint density at radius 1 is 0.678 bits per heavy atom. The third-order valence-corrected chi connectivity index (χ3v) is 9.83. The number of halogens is 1. The van der Waals surface area contributed by atoms with Crippen LogP contribution in [0.3, 0.4) is 0 Å². The Bertz CT molecular complexity index is 2970. The minimum atomic E-state index is -0.323. The average Bonchev–Trinajstić information content (AvgIpc) is 3.80. The van der Waals surface area contributed by atoms with E-state index in [0.717, 1.165) is 33.9 Å². The van der Waals surface area contributed by atoms with E-state index in [9.17, 15) is 14.9 Å². The van der Waals surface area contributed by atoms with Crippen molar-refractivity contribution in [3.8, 4) is 23.5 Å². The first-order valence-electron chi connectivity index (χ1n) is 18.4. The molecule has 2 aromatic carbocycles. The quantitative estimate of drug-likeness (QED) is 0.126. The number of nitrogens with zero attached hydrogens (tertiary/aromatic N) is 8. The number of fused-ring (bicyclic) bond motifs is 2. The van der Waals surface area contributed by atoms with Crippen LogP contribution in [0.2, 0.25) is 5.15 Å². The molecule has 0 radical (unpaired) electrons. The van der Waals surface area contributed by atoms with Crippen LogP contribution in [0.1, 0.15) is 59.6 Å². The highest BCUT2D eigenvalue weighted by molar-refractivity contribution is 6.30. The van der Waals surface area contributed by atoms with Gasteiger partial charge in [0, 0.05) is 54.6 Å². The first-order chi connectivity index (χ1) is 28.4. The van der Waals surface area contributed by atoms with Crippen molar-refractivity contribution < 1.29 is 0 Å². The summed E-state index contributed by atoms with van der Waals surface area (Å²) in [5, 5.41) is 21.3. The number of anilines is 3. The van der Waals surface area contributed by atoms with Gasteiger partial charge in [0.15, 0.2) is 0 Å². The topological polar surface area (TPSA) is 216 Å². The minimum absolute atomic E-state index is 0.0338. The van der Waals surface area contributed by atoms with E-state index in [1.54, 1.807) is 21.4 Å². The fourth-order valence-electron chi connectivity index (χ4n) is 6.58. The molecule has 2 atom stereocenters. The Balaban J connectivity index is 0.000000168.